The van der Waals surface area contributed by atoms with Gasteiger partial charge in [0.25, 0.3) is 0 Å². The zero-order valence-corrected chi connectivity index (χ0v) is 13.5. The van der Waals surface area contributed by atoms with Crippen molar-refractivity contribution in [3.63, 3.8) is 0 Å². The summed E-state index contributed by atoms with van der Waals surface area (Å²) >= 11 is 0. The molecule has 22 heavy (non-hydrogen) atoms. The van der Waals surface area contributed by atoms with E-state index in [9.17, 15) is 0 Å². The van der Waals surface area contributed by atoms with E-state index in [-0.39, 0.29) is 6.10 Å². The van der Waals surface area contributed by atoms with E-state index in [0.29, 0.717) is 6.61 Å². The van der Waals surface area contributed by atoms with Gasteiger partial charge in [0.1, 0.15) is 25.7 Å². The number of hydrogen-bond acceptors (Lipinski definition) is 2. The van der Waals surface area contributed by atoms with E-state index in [1.54, 1.807) is 14.2 Å². The average molecular weight is 300 g/mol. The SMILES string of the molecule is COCC(C[NH+](Cc1ccccc1)Cc1ccccc1)OC. The third-order valence-electron chi connectivity index (χ3n) is 3.80. The molecule has 3 heteroatoms. The predicted molar refractivity (Wildman–Crippen MR) is 88.8 cm³/mol. The van der Waals surface area contributed by atoms with Crippen molar-refractivity contribution in [1.82, 2.24) is 0 Å². The van der Waals surface area contributed by atoms with Crippen LogP contribution in [0.3, 0.4) is 0 Å². The molecule has 3 nitrogen and oxygen atoms in total. The van der Waals surface area contributed by atoms with Crippen molar-refractivity contribution in [2.24, 2.45) is 0 Å². The first-order chi connectivity index (χ1) is 10.8. The van der Waals surface area contributed by atoms with Crippen LogP contribution in [0, 0.1) is 0 Å². The Bertz CT molecular complexity index is 474. The Kier molecular flexibility index (Phi) is 7.10. The lowest BCUT2D eigenvalue weighted by atomic mass is 10.1. The van der Waals surface area contributed by atoms with Crippen LogP contribution in [0.1, 0.15) is 11.1 Å². The molecular weight excluding hydrogens is 274 g/mol. The molecule has 1 N–H and O–H groups in total. The molecule has 2 aromatic carbocycles. The minimum Gasteiger partial charge on any atom is -0.382 e. The number of nitrogens with one attached hydrogen (secondary N) is 1. The quantitative estimate of drug-likeness (QED) is 0.765. The second-order valence-electron chi connectivity index (χ2n) is 5.59. The Morgan fingerprint density at radius 3 is 1.73 bits per heavy atom. The smallest absolute Gasteiger partial charge is 0.129 e. The van der Waals surface area contributed by atoms with Crippen molar-refractivity contribution in [3.8, 4) is 0 Å². The summed E-state index contributed by atoms with van der Waals surface area (Å²) in [6.07, 6.45) is 0.118. The summed E-state index contributed by atoms with van der Waals surface area (Å²) in [4.78, 5) is 1.47. The number of quaternary nitrogens is 1. The highest BCUT2D eigenvalue weighted by atomic mass is 16.5. The molecule has 0 radical (unpaired) electrons. The molecule has 1 unspecified atom stereocenters. The highest BCUT2D eigenvalue weighted by Crippen LogP contribution is 1.99. The van der Waals surface area contributed by atoms with Gasteiger partial charge in [-0.25, -0.2) is 0 Å². The lowest BCUT2D eigenvalue weighted by Crippen LogP contribution is -3.10. The van der Waals surface area contributed by atoms with E-state index in [4.69, 9.17) is 9.47 Å². The van der Waals surface area contributed by atoms with Crippen molar-refractivity contribution in [2.45, 2.75) is 19.2 Å². The van der Waals surface area contributed by atoms with Gasteiger partial charge >= 0.3 is 0 Å². The number of methoxy groups -OCH3 is 2. The Labute approximate surface area is 133 Å². The Hall–Kier alpha value is -1.68. The first-order valence-corrected chi connectivity index (χ1v) is 7.75. The minimum absolute atomic E-state index is 0.118. The van der Waals surface area contributed by atoms with Crippen molar-refractivity contribution in [2.75, 3.05) is 27.4 Å². The largest absolute Gasteiger partial charge is 0.382 e. The average Bonchev–Trinajstić information content (AvgIpc) is 2.56. The number of hydrogen-bond donors (Lipinski definition) is 1. The van der Waals surface area contributed by atoms with Crippen LogP contribution in [0.4, 0.5) is 0 Å². The molecule has 0 heterocycles. The molecule has 0 aliphatic rings. The van der Waals surface area contributed by atoms with Gasteiger partial charge in [0.05, 0.1) is 6.61 Å². The van der Waals surface area contributed by atoms with Crippen LogP contribution in [-0.2, 0) is 22.6 Å². The van der Waals surface area contributed by atoms with E-state index in [1.807, 2.05) is 0 Å². The monoisotopic (exact) mass is 300 g/mol. The molecule has 0 spiro atoms. The second kappa shape index (κ2) is 9.36. The van der Waals surface area contributed by atoms with Crippen LogP contribution < -0.4 is 4.90 Å². The second-order valence-corrected chi connectivity index (χ2v) is 5.59. The summed E-state index contributed by atoms with van der Waals surface area (Å²) in [6.45, 7) is 3.52. The fourth-order valence-corrected chi connectivity index (χ4v) is 2.69. The number of rotatable bonds is 9. The third kappa shape index (κ3) is 5.60. The van der Waals surface area contributed by atoms with Crippen molar-refractivity contribution >= 4 is 0 Å². The van der Waals surface area contributed by atoms with E-state index in [1.165, 1.54) is 16.0 Å². The van der Waals surface area contributed by atoms with Gasteiger partial charge in [0, 0.05) is 25.3 Å². The molecular formula is C19H26NO2+. The number of benzene rings is 2. The van der Waals surface area contributed by atoms with Crippen LogP contribution in [0.25, 0.3) is 0 Å². The summed E-state index contributed by atoms with van der Waals surface area (Å²) in [7, 11) is 3.48. The van der Waals surface area contributed by atoms with Crippen molar-refractivity contribution < 1.29 is 14.4 Å². The van der Waals surface area contributed by atoms with Gasteiger partial charge in [-0.1, -0.05) is 60.7 Å². The highest BCUT2D eigenvalue weighted by Gasteiger charge is 2.18. The third-order valence-corrected chi connectivity index (χ3v) is 3.80. The molecule has 2 rings (SSSR count). The summed E-state index contributed by atoms with van der Waals surface area (Å²) in [5.41, 5.74) is 2.70. The molecule has 0 bridgehead atoms. The van der Waals surface area contributed by atoms with E-state index >= 15 is 0 Å². The Balaban J connectivity index is 2.05. The van der Waals surface area contributed by atoms with Crippen LogP contribution in [0.2, 0.25) is 0 Å². The Morgan fingerprint density at radius 2 is 1.32 bits per heavy atom. The molecule has 118 valence electrons. The molecule has 0 fully saturated rings. The topological polar surface area (TPSA) is 22.9 Å². The summed E-state index contributed by atoms with van der Waals surface area (Å²) < 4.78 is 10.8. The molecule has 0 aromatic heterocycles. The Morgan fingerprint density at radius 1 is 0.818 bits per heavy atom. The fraction of sp³-hybridized carbons (Fsp3) is 0.368. The lowest BCUT2D eigenvalue weighted by Gasteiger charge is -2.24. The first kappa shape index (κ1) is 16.7. The molecule has 2 aromatic rings. The van der Waals surface area contributed by atoms with Gasteiger partial charge in [-0.2, -0.15) is 0 Å². The summed E-state index contributed by atoms with van der Waals surface area (Å²) in [5.74, 6) is 0. The van der Waals surface area contributed by atoms with Gasteiger partial charge in [-0.15, -0.1) is 0 Å². The first-order valence-electron chi connectivity index (χ1n) is 7.75. The van der Waals surface area contributed by atoms with Crippen LogP contribution in [0.5, 0.6) is 0 Å². The zero-order valence-electron chi connectivity index (χ0n) is 13.5. The van der Waals surface area contributed by atoms with E-state index < -0.39 is 0 Å². The van der Waals surface area contributed by atoms with E-state index in [2.05, 4.69) is 60.7 Å². The molecule has 1 atom stereocenters. The van der Waals surface area contributed by atoms with Crippen LogP contribution >= 0.6 is 0 Å². The summed E-state index contributed by atoms with van der Waals surface area (Å²) in [5, 5.41) is 0. The van der Waals surface area contributed by atoms with Crippen molar-refractivity contribution in [1.29, 1.82) is 0 Å². The lowest BCUT2D eigenvalue weighted by molar-refractivity contribution is -0.930. The van der Waals surface area contributed by atoms with Crippen molar-refractivity contribution in [3.05, 3.63) is 71.8 Å². The van der Waals surface area contributed by atoms with Gasteiger partial charge in [0.15, 0.2) is 0 Å². The molecule has 0 aliphatic heterocycles. The van der Waals surface area contributed by atoms with Gasteiger partial charge in [0.2, 0.25) is 0 Å². The standard InChI is InChI=1S/C19H25NO2/c1-21-16-19(22-2)15-20(13-17-9-5-3-6-10-17)14-18-11-7-4-8-12-18/h3-12,19H,13-16H2,1-2H3/p+1. The minimum atomic E-state index is 0.118. The maximum absolute atomic E-state index is 5.55. The van der Waals surface area contributed by atoms with Gasteiger partial charge in [-0.05, 0) is 0 Å². The normalized spacial score (nSPS) is 12.5. The van der Waals surface area contributed by atoms with Gasteiger partial charge < -0.3 is 14.4 Å². The predicted octanol–water partition coefficient (Wildman–Crippen LogP) is 1.93. The van der Waals surface area contributed by atoms with E-state index in [0.717, 1.165) is 19.6 Å². The van der Waals surface area contributed by atoms with Gasteiger partial charge in [-0.3, -0.25) is 0 Å². The fourth-order valence-electron chi connectivity index (χ4n) is 2.69. The van der Waals surface area contributed by atoms with Crippen LogP contribution in [-0.4, -0.2) is 33.5 Å². The highest BCUT2D eigenvalue weighted by molar-refractivity contribution is 5.14. The van der Waals surface area contributed by atoms with Crippen LogP contribution in [0.15, 0.2) is 60.7 Å². The number of ether oxygens (including phenoxy) is 2. The maximum atomic E-state index is 5.55. The maximum Gasteiger partial charge on any atom is 0.129 e. The molecule has 0 saturated heterocycles. The molecule has 0 amide bonds. The molecule has 0 saturated carbocycles. The zero-order chi connectivity index (χ0) is 15.6. The summed E-state index contributed by atoms with van der Waals surface area (Å²) in [6, 6.07) is 21.2. The molecule has 0 aliphatic carbocycles.